The van der Waals surface area contributed by atoms with Crippen LogP contribution < -0.4 is 10.6 Å². The third-order valence-electron chi connectivity index (χ3n) is 4.16. The molecule has 0 radical (unpaired) electrons. The molecule has 7 nitrogen and oxygen atoms in total. The van der Waals surface area contributed by atoms with Crippen molar-refractivity contribution in [3.8, 4) is 0 Å². The minimum atomic E-state index is -0.356. The second-order valence-corrected chi connectivity index (χ2v) is 6.45. The number of benzene rings is 1. The summed E-state index contributed by atoms with van der Waals surface area (Å²) >= 11 is 5.30. The summed E-state index contributed by atoms with van der Waals surface area (Å²) in [6.45, 7) is 1.99. The number of hydrogen-bond donors (Lipinski definition) is 2. The predicted octanol–water partition coefficient (Wildman–Crippen LogP) is 2.18. The molecule has 3 rings (SSSR count). The van der Waals surface area contributed by atoms with E-state index in [1.807, 2.05) is 24.4 Å². The van der Waals surface area contributed by atoms with Crippen molar-refractivity contribution in [2.75, 3.05) is 25.6 Å². The fourth-order valence-electron chi connectivity index (χ4n) is 2.84. The lowest BCUT2D eigenvalue weighted by Crippen LogP contribution is -2.34. The monoisotopic (exact) mass is 374 g/mol. The van der Waals surface area contributed by atoms with Gasteiger partial charge in [0.15, 0.2) is 5.11 Å². The zero-order chi connectivity index (χ0) is 18.4. The Morgan fingerprint density at radius 3 is 3.08 bits per heavy atom. The average Bonchev–Trinajstić information content (AvgIpc) is 3.32. The largest absolute Gasteiger partial charge is 0.465 e. The highest BCUT2D eigenvalue weighted by molar-refractivity contribution is 7.80. The van der Waals surface area contributed by atoms with Crippen molar-refractivity contribution in [1.82, 2.24) is 15.1 Å². The molecule has 0 spiro atoms. The Labute approximate surface area is 157 Å². The van der Waals surface area contributed by atoms with Crippen molar-refractivity contribution in [1.29, 1.82) is 0 Å². The number of nitrogens with one attached hydrogen (secondary N) is 2. The second kappa shape index (κ2) is 8.77. The highest BCUT2D eigenvalue weighted by Crippen LogP contribution is 2.14. The molecule has 2 heterocycles. The van der Waals surface area contributed by atoms with E-state index < -0.39 is 0 Å². The summed E-state index contributed by atoms with van der Waals surface area (Å²) in [5, 5.41) is 11.1. The lowest BCUT2D eigenvalue weighted by Gasteiger charge is -2.13. The Bertz CT molecular complexity index is 771. The maximum atomic E-state index is 11.9. The third-order valence-corrected chi connectivity index (χ3v) is 4.41. The van der Waals surface area contributed by atoms with E-state index in [4.69, 9.17) is 21.7 Å². The number of methoxy groups -OCH3 is 1. The van der Waals surface area contributed by atoms with Crippen LogP contribution in [0.5, 0.6) is 0 Å². The molecule has 8 heteroatoms. The predicted molar refractivity (Wildman–Crippen MR) is 102 cm³/mol. The zero-order valence-electron chi connectivity index (χ0n) is 14.6. The van der Waals surface area contributed by atoms with Crippen molar-refractivity contribution in [2.45, 2.75) is 25.5 Å². The first kappa shape index (κ1) is 18.3. The van der Waals surface area contributed by atoms with Gasteiger partial charge in [-0.15, -0.1) is 0 Å². The Kier molecular flexibility index (Phi) is 6.19. The van der Waals surface area contributed by atoms with Crippen LogP contribution >= 0.6 is 12.2 Å². The molecule has 0 aliphatic carbocycles. The average molecular weight is 374 g/mol. The van der Waals surface area contributed by atoms with Gasteiger partial charge in [0.05, 0.1) is 37.2 Å². The molecule has 138 valence electrons. The van der Waals surface area contributed by atoms with E-state index in [0.29, 0.717) is 23.8 Å². The van der Waals surface area contributed by atoms with E-state index in [1.54, 1.807) is 16.9 Å². The number of ether oxygens (including phenoxy) is 2. The summed E-state index contributed by atoms with van der Waals surface area (Å²) in [7, 11) is 1.37. The van der Waals surface area contributed by atoms with E-state index in [9.17, 15) is 4.79 Å². The summed E-state index contributed by atoms with van der Waals surface area (Å²) in [5.74, 6) is -0.356. The number of esters is 1. The normalized spacial score (nSPS) is 16.3. The van der Waals surface area contributed by atoms with Gasteiger partial charge in [0.1, 0.15) is 0 Å². The molecule has 2 aromatic rings. The van der Waals surface area contributed by atoms with E-state index in [0.717, 1.165) is 30.7 Å². The van der Waals surface area contributed by atoms with Crippen molar-refractivity contribution < 1.29 is 14.3 Å². The van der Waals surface area contributed by atoms with Gasteiger partial charge in [0.2, 0.25) is 0 Å². The van der Waals surface area contributed by atoms with Gasteiger partial charge in [-0.1, -0.05) is 18.2 Å². The number of carbonyl (C=O) groups is 1. The smallest absolute Gasteiger partial charge is 0.338 e. The van der Waals surface area contributed by atoms with Gasteiger partial charge in [0, 0.05) is 19.3 Å². The molecule has 1 unspecified atom stereocenters. The van der Waals surface area contributed by atoms with E-state index >= 15 is 0 Å². The summed E-state index contributed by atoms with van der Waals surface area (Å²) < 4.78 is 12.1. The molecule has 1 saturated heterocycles. The summed E-state index contributed by atoms with van der Waals surface area (Å²) in [4.78, 5) is 11.9. The van der Waals surface area contributed by atoms with Gasteiger partial charge in [-0.2, -0.15) is 5.10 Å². The van der Waals surface area contributed by atoms with Crippen molar-refractivity contribution in [3.05, 3.63) is 47.8 Å². The minimum Gasteiger partial charge on any atom is -0.465 e. The first-order chi connectivity index (χ1) is 12.7. The zero-order valence-corrected chi connectivity index (χ0v) is 15.4. The minimum absolute atomic E-state index is 0.229. The Balaban J connectivity index is 1.56. The SMILES string of the molecule is COC(=O)c1ccccc1Cn1cc(NC(=S)NCC2CCCO2)cn1. The molecule has 1 aliphatic heterocycles. The van der Waals surface area contributed by atoms with Crippen LogP contribution in [0.3, 0.4) is 0 Å². The molecular weight excluding hydrogens is 352 g/mol. The maximum Gasteiger partial charge on any atom is 0.338 e. The van der Waals surface area contributed by atoms with Crippen molar-refractivity contribution >= 4 is 29.0 Å². The number of anilines is 1. The molecule has 0 saturated carbocycles. The van der Waals surface area contributed by atoms with Crippen LogP contribution in [0.4, 0.5) is 5.69 Å². The maximum absolute atomic E-state index is 11.9. The standard InChI is InChI=1S/C18H22N4O3S/c1-24-17(23)16-7-3-2-5-13(16)11-22-12-14(9-20-22)21-18(26)19-10-15-6-4-8-25-15/h2-3,5,7,9,12,15H,4,6,8,10-11H2,1H3,(H2,19,21,26). The van der Waals surface area contributed by atoms with Crippen LogP contribution in [0.25, 0.3) is 0 Å². The van der Waals surface area contributed by atoms with Gasteiger partial charge in [-0.05, 0) is 36.7 Å². The number of aromatic nitrogens is 2. The second-order valence-electron chi connectivity index (χ2n) is 6.05. The molecular formula is C18H22N4O3S. The number of carbonyl (C=O) groups excluding carboxylic acids is 1. The first-order valence-electron chi connectivity index (χ1n) is 8.51. The molecule has 0 amide bonds. The van der Waals surface area contributed by atoms with Gasteiger partial charge in [0.25, 0.3) is 0 Å². The van der Waals surface area contributed by atoms with Crippen molar-refractivity contribution in [2.24, 2.45) is 0 Å². The van der Waals surface area contributed by atoms with Crippen LogP contribution in [-0.4, -0.2) is 47.2 Å². The fourth-order valence-corrected chi connectivity index (χ4v) is 3.04. The van der Waals surface area contributed by atoms with Gasteiger partial charge >= 0.3 is 5.97 Å². The topological polar surface area (TPSA) is 77.4 Å². The molecule has 1 aromatic carbocycles. The first-order valence-corrected chi connectivity index (χ1v) is 8.91. The highest BCUT2D eigenvalue weighted by Gasteiger charge is 2.15. The lowest BCUT2D eigenvalue weighted by atomic mass is 10.1. The van der Waals surface area contributed by atoms with Crippen LogP contribution in [-0.2, 0) is 16.0 Å². The number of thiocarbonyl (C=S) groups is 1. The van der Waals surface area contributed by atoms with Crippen LogP contribution in [0, 0.1) is 0 Å². The van der Waals surface area contributed by atoms with Gasteiger partial charge < -0.3 is 20.1 Å². The molecule has 1 aromatic heterocycles. The summed E-state index contributed by atoms with van der Waals surface area (Å²) in [5.41, 5.74) is 2.16. The van der Waals surface area contributed by atoms with Crippen molar-refractivity contribution in [3.63, 3.8) is 0 Å². The Morgan fingerprint density at radius 1 is 1.46 bits per heavy atom. The number of hydrogen-bond acceptors (Lipinski definition) is 5. The Morgan fingerprint density at radius 2 is 2.31 bits per heavy atom. The molecule has 1 atom stereocenters. The van der Waals surface area contributed by atoms with E-state index in [2.05, 4.69) is 15.7 Å². The molecule has 1 fully saturated rings. The van der Waals surface area contributed by atoms with Crippen LogP contribution in [0.1, 0.15) is 28.8 Å². The van der Waals surface area contributed by atoms with Gasteiger partial charge in [-0.3, -0.25) is 4.68 Å². The molecule has 26 heavy (non-hydrogen) atoms. The van der Waals surface area contributed by atoms with Gasteiger partial charge in [-0.25, -0.2) is 4.79 Å². The van der Waals surface area contributed by atoms with Crippen LogP contribution in [0.2, 0.25) is 0 Å². The highest BCUT2D eigenvalue weighted by atomic mass is 32.1. The third kappa shape index (κ3) is 4.80. The molecule has 1 aliphatic rings. The molecule has 2 N–H and O–H groups in total. The number of nitrogens with zero attached hydrogens (tertiary/aromatic N) is 2. The van der Waals surface area contributed by atoms with E-state index in [1.165, 1.54) is 7.11 Å². The molecule has 0 bridgehead atoms. The van der Waals surface area contributed by atoms with E-state index in [-0.39, 0.29) is 12.1 Å². The summed E-state index contributed by atoms with van der Waals surface area (Å²) in [6.07, 6.45) is 5.93. The fraction of sp³-hybridized carbons (Fsp3) is 0.389. The quantitative estimate of drug-likeness (QED) is 0.593. The van der Waals surface area contributed by atoms with Crippen LogP contribution in [0.15, 0.2) is 36.7 Å². The number of rotatable bonds is 6. The Hall–Kier alpha value is -2.45. The summed E-state index contributed by atoms with van der Waals surface area (Å²) in [6, 6.07) is 7.32. The lowest BCUT2D eigenvalue weighted by molar-refractivity contribution is 0.0599.